The molecular formula is C11H15NO5S. The molecule has 0 spiro atoms. The first kappa shape index (κ1) is 14.3. The third kappa shape index (κ3) is 4.25. The summed E-state index contributed by atoms with van der Waals surface area (Å²) in [6.45, 7) is 0.0988. The van der Waals surface area contributed by atoms with Gasteiger partial charge in [0, 0.05) is 6.26 Å². The van der Waals surface area contributed by atoms with Crippen LogP contribution in [0.15, 0.2) is 18.2 Å². The summed E-state index contributed by atoms with van der Waals surface area (Å²) in [4.78, 5) is 10.9. The molecule has 1 aromatic rings. The average Bonchev–Trinajstić information content (AvgIpc) is 2.24. The number of nitrogen functional groups attached to an aromatic ring is 1. The van der Waals surface area contributed by atoms with Crippen molar-refractivity contribution in [2.24, 2.45) is 0 Å². The molecule has 0 aliphatic carbocycles. The molecule has 3 N–H and O–H groups in total. The van der Waals surface area contributed by atoms with E-state index in [9.17, 15) is 13.2 Å². The Morgan fingerprint density at radius 1 is 1.44 bits per heavy atom. The van der Waals surface area contributed by atoms with Gasteiger partial charge in [0.15, 0.2) is 5.75 Å². The molecule has 0 unspecified atom stereocenters. The average molecular weight is 273 g/mol. The molecule has 0 saturated heterocycles. The standard InChI is InChI=1S/C11H15NO5S/c1-18(15,16)7-3-6-17-10-8(11(13)14)4-2-5-9(10)12/h2,4-5H,3,6-7,12H2,1H3,(H,13,14). The van der Waals surface area contributed by atoms with Crippen LogP contribution in [-0.4, -0.2) is 38.1 Å². The predicted molar refractivity (Wildman–Crippen MR) is 67.6 cm³/mol. The zero-order valence-corrected chi connectivity index (χ0v) is 10.7. The second-order valence-corrected chi connectivity index (χ2v) is 6.12. The van der Waals surface area contributed by atoms with Crippen molar-refractivity contribution >= 4 is 21.5 Å². The molecule has 1 aromatic carbocycles. The van der Waals surface area contributed by atoms with Crippen molar-refractivity contribution in [3.8, 4) is 5.75 Å². The van der Waals surface area contributed by atoms with Crippen LogP contribution in [-0.2, 0) is 9.84 Å². The molecule has 0 amide bonds. The quantitative estimate of drug-likeness (QED) is 0.586. The molecule has 0 heterocycles. The molecule has 1 rings (SSSR count). The van der Waals surface area contributed by atoms with Crippen molar-refractivity contribution in [2.45, 2.75) is 6.42 Å². The van der Waals surface area contributed by atoms with Crippen LogP contribution in [0.3, 0.4) is 0 Å². The smallest absolute Gasteiger partial charge is 0.339 e. The third-order valence-electron chi connectivity index (χ3n) is 2.18. The number of carboxylic acid groups (broad SMARTS) is 1. The summed E-state index contributed by atoms with van der Waals surface area (Å²) in [6.07, 6.45) is 1.42. The van der Waals surface area contributed by atoms with Crippen LogP contribution >= 0.6 is 0 Å². The minimum atomic E-state index is -3.04. The number of carbonyl (C=O) groups is 1. The number of aromatic carboxylic acids is 1. The summed E-state index contributed by atoms with van der Waals surface area (Å²) in [6, 6.07) is 4.42. The van der Waals surface area contributed by atoms with Crippen LogP contribution in [0, 0.1) is 0 Å². The van der Waals surface area contributed by atoms with Crippen LogP contribution in [0.4, 0.5) is 5.69 Å². The number of benzene rings is 1. The Balaban J connectivity index is 2.70. The van der Waals surface area contributed by atoms with Gasteiger partial charge in [0.25, 0.3) is 0 Å². The van der Waals surface area contributed by atoms with Gasteiger partial charge in [-0.1, -0.05) is 6.07 Å². The van der Waals surface area contributed by atoms with Gasteiger partial charge in [-0.2, -0.15) is 0 Å². The Morgan fingerprint density at radius 2 is 2.11 bits per heavy atom. The fraction of sp³-hybridized carbons (Fsp3) is 0.364. The Kier molecular flexibility index (Phi) is 4.55. The number of carboxylic acids is 1. The van der Waals surface area contributed by atoms with Gasteiger partial charge in [0.1, 0.15) is 15.4 Å². The number of rotatable bonds is 6. The first-order chi connectivity index (χ1) is 8.31. The lowest BCUT2D eigenvalue weighted by molar-refractivity contribution is 0.0692. The molecule has 0 fully saturated rings. The highest BCUT2D eigenvalue weighted by Gasteiger charge is 2.14. The molecule has 0 bridgehead atoms. The van der Waals surface area contributed by atoms with Crippen LogP contribution in [0.25, 0.3) is 0 Å². The van der Waals surface area contributed by atoms with Crippen molar-refractivity contribution in [3.63, 3.8) is 0 Å². The normalized spacial score (nSPS) is 11.2. The minimum absolute atomic E-state index is 0.0118. The van der Waals surface area contributed by atoms with E-state index in [2.05, 4.69) is 0 Å². The Hall–Kier alpha value is -1.76. The second-order valence-electron chi connectivity index (χ2n) is 3.86. The lowest BCUT2D eigenvalue weighted by atomic mass is 10.2. The fourth-order valence-corrected chi connectivity index (χ4v) is 2.02. The second kappa shape index (κ2) is 5.72. The highest BCUT2D eigenvalue weighted by Crippen LogP contribution is 2.26. The largest absolute Gasteiger partial charge is 0.490 e. The molecule has 18 heavy (non-hydrogen) atoms. The summed E-state index contributed by atoms with van der Waals surface area (Å²) in [5.74, 6) is -1.07. The van der Waals surface area contributed by atoms with Gasteiger partial charge in [0.05, 0.1) is 18.0 Å². The van der Waals surface area contributed by atoms with Gasteiger partial charge in [-0.25, -0.2) is 13.2 Å². The summed E-state index contributed by atoms with van der Waals surface area (Å²) in [5.41, 5.74) is 5.80. The van der Waals surface area contributed by atoms with Crippen molar-refractivity contribution in [1.29, 1.82) is 0 Å². The van der Waals surface area contributed by atoms with E-state index < -0.39 is 15.8 Å². The van der Waals surface area contributed by atoms with E-state index in [1.807, 2.05) is 0 Å². The number of para-hydroxylation sites is 1. The van der Waals surface area contributed by atoms with Crippen molar-refractivity contribution in [1.82, 2.24) is 0 Å². The summed E-state index contributed by atoms with van der Waals surface area (Å²) < 4.78 is 27.1. The molecule has 0 aliphatic rings. The van der Waals surface area contributed by atoms with E-state index in [1.54, 1.807) is 0 Å². The summed E-state index contributed by atoms with van der Waals surface area (Å²) in [5, 5.41) is 8.94. The summed E-state index contributed by atoms with van der Waals surface area (Å²) in [7, 11) is -3.04. The monoisotopic (exact) mass is 273 g/mol. The topological polar surface area (TPSA) is 107 Å². The zero-order chi connectivity index (χ0) is 13.8. The van der Waals surface area contributed by atoms with Crippen LogP contribution in [0.5, 0.6) is 5.75 Å². The number of anilines is 1. The molecule has 6 nitrogen and oxygen atoms in total. The van der Waals surface area contributed by atoms with E-state index >= 15 is 0 Å². The number of ether oxygens (including phenoxy) is 1. The Morgan fingerprint density at radius 3 is 2.67 bits per heavy atom. The lowest BCUT2D eigenvalue weighted by Gasteiger charge is -2.11. The van der Waals surface area contributed by atoms with Gasteiger partial charge in [-0.3, -0.25) is 0 Å². The van der Waals surface area contributed by atoms with Gasteiger partial charge in [-0.15, -0.1) is 0 Å². The van der Waals surface area contributed by atoms with E-state index in [-0.39, 0.29) is 35.8 Å². The lowest BCUT2D eigenvalue weighted by Crippen LogP contribution is -2.11. The molecule has 7 heteroatoms. The first-order valence-electron chi connectivity index (χ1n) is 5.23. The van der Waals surface area contributed by atoms with Crippen LogP contribution in [0.1, 0.15) is 16.8 Å². The number of nitrogens with two attached hydrogens (primary N) is 1. The molecule has 0 aliphatic heterocycles. The maximum atomic E-state index is 10.9. The molecule has 100 valence electrons. The predicted octanol–water partition coefficient (Wildman–Crippen LogP) is 0.780. The van der Waals surface area contributed by atoms with Gasteiger partial charge in [-0.05, 0) is 18.6 Å². The van der Waals surface area contributed by atoms with Crippen molar-refractivity contribution in [3.05, 3.63) is 23.8 Å². The van der Waals surface area contributed by atoms with Gasteiger partial charge in [0.2, 0.25) is 0 Å². The Labute approximate surface area is 105 Å². The van der Waals surface area contributed by atoms with Crippen LogP contribution < -0.4 is 10.5 Å². The highest BCUT2D eigenvalue weighted by molar-refractivity contribution is 7.90. The van der Waals surface area contributed by atoms with Crippen molar-refractivity contribution in [2.75, 3.05) is 24.3 Å². The molecular weight excluding hydrogens is 258 g/mol. The minimum Gasteiger partial charge on any atom is -0.490 e. The van der Waals surface area contributed by atoms with Crippen molar-refractivity contribution < 1.29 is 23.1 Å². The maximum absolute atomic E-state index is 10.9. The van der Waals surface area contributed by atoms with Gasteiger partial charge >= 0.3 is 5.97 Å². The van der Waals surface area contributed by atoms with E-state index in [1.165, 1.54) is 18.2 Å². The number of hydrogen-bond acceptors (Lipinski definition) is 5. The van der Waals surface area contributed by atoms with Crippen LogP contribution in [0.2, 0.25) is 0 Å². The van der Waals surface area contributed by atoms with Gasteiger partial charge < -0.3 is 15.6 Å². The molecule has 0 saturated carbocycles. The third-order valence-corrected chi connectivity index (χ3v) is 3.21. The SMILES string of the molecule is CS(=O)(=O)CCCOc1c(N)cccc1C(=O)O. The zero-order valence-electron chi connectivity index (χ0n) is 9.92. The fourth-order valence-electron chi connectivity index (χ4n) is 1.38. The molecule has 0 atom stereocenters. The Bertz CT molecular complexity index is 538. The molecule has 0 radical (unpaired) electrons. The highest BCUT2D eigenvalue weighted by atomic mass is 32.2. The number of sulfone groups is 1. The summed E-state index contributed by atoms with van der Waals surface area (Å²) >= 11 is 0. The molecule has 0 aromatic heterocycles. The maximum Gasteiger partial charge on any atom is 0.339 e. The van der Waals surface area contributed by atoms with E-state index in [4.69, 9.17) is 15.6 Å². The number of hydrogen-bond donors (Lipinski definition) is 2. The van der Waals surface area contributed by atoms with E-state index in [0.29, 0.717) is 0 Å². The first-order valence-corrected chi connectivity index (χ1v) is 7.29. The van der Waals surface area contributed by atoms with E-state index in [0.717, 1.165) is 6.26 Å².